The van der Waals surface area contributed by atoms with Gasteiger partial charge in [-0.15, -0.1) is 10.2 Å². The molecule has 0 bridgehead atoms. The van der Waals surface area contributed by atoms with Gasteiger partial charge in [-0.05, 0) is 60.9 Å². The van der Waals surface area contributed by atoms with E-state index in [0.29, 0.717) is 31.4 Å². The fourth-order valence-corrected chi connectivity index (χ4v) is 3.01. The van der Waals surface area contributed by atoms with Gasteiger partial charge in [-0.3, -0.25) is 0 Å². The Hall–Kier alpha value is -3.25. The molecule has 2 aromatic carbocycles. The van der Waals surface area contributed by atoms with Crippen LogP contribution in [0.15, 0.2) is 65.3 Å². The smallest absolute Gasteiger partial charge is 0.247 e. The van der Waals surface area contributed by atoms with Crippen LogP contribution < -0.4 is 0 Å². The Kier molecular flexibility index (Phi) is 5.30. The van der Waals surface area contributed by atoms with Crippen molar-refractivity contribution < 1.29 is 9.15 Å². The van der Waals surface area contributed by atoms with Gasteiger partial charge in [-0.1, -0.05) is 18.2 Å². The summed E-state index contributed by atoms with van der Waals surface area (Å²) in [5, 5.41) is 12.7. The molecule has 4 rings (SSSR count). The van der Waals surface area contributed by atoms with Crippen molar-refractivity contribution >= 4 is 0 Å². The zero-order valence-electron chi connectivity index (χ0n) is 16.0. The van der Waals surface area contributed by atoms with Crippen LogP contribution in [0.5, 0.6) is 0 Å². The van der Waals surface area contributed by atoms with E-state index in [4.69, 9.17) is 9.15 Å². The quantitative estimate of drug-likeness (QED) is 0.481. The standard InChI is InChI=1S/C22H22N4O2/c1-3-27-15-17-6-5-16(2)19(13-17)14-21-24-25-22(28-21)18-7-9-20(10-8-18)26-12-4-11-23-26/h4-13H,3,14-15H2,1-2H3. The topological polar surface area (TPSA) is 66.0 Å². The van der Waals surface area contributed by atoms with Gasteiger partial charge in [0, 0.05) is 24.6 Å². The zero-order chi connectivity index (χ0) is 19.3. The third-order valence-corrected chi connectivity index (χ3v) is 4.58. The molecule has 0 saturated heterocycles. The average Bonchev–Trinajstić information content (AvgIpc) is 3.41. The Morgan fingerprint density at radius 2 is 1.93 bits per heavy atom. The van der Waals surface area contributed by atoms with E-state index >= 15 is 0 Å². The molecule has 142 valence electrons. The van der Waals surface area contributed by atoms with Crippen LogP contribution in [0.4, 0.5) is 0 Å². The van der Waals surface area contributed by atoms with Crippen LogP contribution in [0.25, 0.3) is 17.1 Å². The highest BCUT2D eigenvalue weighted by atomic mass is 16.5. The monoisotopic (exact) mass is 374 g/mol. The molecule has 6 heteroatoms. The van der Waals surface area contributed by atoms with Gasteiger partial charge in [0.1, 0.15) is 0 Å². The maximum absolute atomic E-state index is 5.90. The molecule has 0 saturated carbocycles. The lowest BCUT2D eigenvalue weighted by atomic mass is 10.0. The molecule has 0 aliphatic rings. The van der Waals surface area contributed by atoms with Gasteiger partial charge in [0.05, 0.1) is 18.7 Å². The van der Waals surface area contributed by atoms with Crippen LogP contribution in [0.1, 0.15) is 29.5 Å². The van der Waals surface area contributed by atoms with E-state index in [9.17, 15) is 0 Å². The van der Waals surface area contributed by atoms with Gasteiger partial charge in [0.2, 0.25) is 11.8 Å². The first-order chi connectivity index (χ1) is 13.7. The highest BCUT2D eigenvalue weighted by Gasteiger charge is 2.11. The van der Waals surface area contributed by atoms with E-state index in [0.717, 1.165) is 16.8 Å². The van der Waals surface area contributed by atoms with Gasteiger partial charge in [-0.25, -0.2) is 4.68 Å². The number of rotatable bonds is 7. The summed E-state index contributed by atoms with van der Waals surface area (Å²) in [4.78, 5) is 0. The van der Waals surface area contributed by atoms with E-state index in [1.54, 1.807) is 10.9 Å². The highest BCUT2D eigenvalue weighted by molar-refractivity contribution is 5.55. The van der Waals surface area contributed by atoms with E-state index in [1.807, 2.05) is 43.5 Å². The van der Waals surface area contributed by atoms with E-state index in [2.05, 4.69) is 40.4 Å². The Morgan fingerprint density at radius 1 is 1.07 bits per heavy atom. The molecule has 0 amide bonds. The van der Waals surface area contributed by atoms with Crippen molar-refractivity contribution in [2.75, 3.05) is 6.61 Å². The molecule has 2 heterocycles. The molecule has 4 aromatic rings. The van der Waals surface area contributed by atoms with Crippen molar-refractivity contribution in [2.24, 2.45) is 0 Å². The lowest BCUT2D eigenvalue weighted by molar-refractivity contribution is 0.134. The van der Waals surface area contributed by atoms with Crippen LogP contribution in [0.2, 0.25) is 0 Å². The molecule has 0 atom stereocenters. The molecule has 28 heavy (non-hydrogen) atoms. The average molecular weight is 374 g/mol. The highest BCUT2D eigenvalue weighted by Crippen LogP contribution is 2.22. The largest absolute Gasteiger partial charge is 0.420 e. The zero-order valence-corrected chi connectivity index (χ0v) is 16.0. The lowest BCUT2D eigenvalue weighted by Gasteiger charge is -2.07. The molecule has 0 spiro atoms. The van der Waals surface area contributed by atoms with Gasteiger partial charge in [0.15, 0.2) is 0 Å². The lowest BCUT2D eigenvalue weighted by Crippen LogP contribution is -1.97. The number of aryl methyl sites for hydroxylation is 1. The van der Waals surface area contributed by atoms with Crippen LogP contribution >= 0.6 is 0 Å². The summed E-state index contributed by atoms with van der Waals surface area (Å²) in [5.74, 6) is 1.12. The normalized spacial score (nSPS) is 11.1. The maximum Gasteiger partial charge on any atom is 0.247 e. The molecule has 0 fully saturated rings. The number of hydrogen-bond acceptors (Lipinski definition) is 5. The summed E-state index contributed by atoms with van der Waals surface area (Å²) in [6, 6.07) is 16.1. The Morgan fingerprint density at radius 3 is 2.68 bits per heavy atom. The summed E-state index contributed by atoms with van der Waals surface area (Å²) in [7, 11) is 0. The van der Waals surface area contributed by atoms with Crippen molar-refractivity contribution in [3.05, 3.63) is 83.5 Å². The third-order valence-electron chi connectivity index (χ3n) is 4.58. The van der Waals surface area contributed by atoms with Crippen LogP contribution in [-0.4, -0.2) is 26.6 Å². The summed E-state index contributed by atoms with van der Waals surface area (Å²) in [6.45, 7) is 5.40. The Balaban J connectivity index is 1.50. The maximum atomic E-state index is 5.90. The fourth-order valence-electron chi connectivity index (χ4n) is 3.01. The van der Waals surface area contributed by atoms with E-state index in [-0.39, 0.29) is 0 Å². The van der Waals surface area contributed by atoms with Crippen LogP contribution in [0.3, 0.4) is 0 Å². The number of nitrogens with zero attached hydrogens (tertiary/aromatic N) is 4. The summed E-state index contributed by atoms with van der Waals surface area (Å²) >= 11 is 0. The van der Waals surface area contributed by atoms with Gasteiger partial charge in [-0.2, -0.15) is 5.10 Å². The molecule has 6 nitrogen and oxygen atoms in total. The Labute approximate surface area is 163 Å². The summed E-state index contributed by atoms with van der Waals surface area (Å²) in [5.41, 5.74) is 5.38. The van der Waals surface area contributed by atoms with E-state index in [1.165, 1.54) is 11.1 Å². The SMILES string of the molecule is CCOCc1ccc(C)c(Cc2nnc(-c3ccc(-n4cccn4)cc3)o2)c1. The van der Waals surface area contributed by atoms with Crippen LogP contribution in [-0.2, 0) is 17.8 Å². The van der Waals surface area contributed by atoms with Crippen molar-refractivity contribution in [2.45, 2.75) is 26.9 Å². The molecule has 0 radical (unpaired) electrons. The van der Waals surface area contributed by atoms with Gasteiger partial charge in [0.25, 0.3) is 0 Å². The molecule has 2 aromatic heterocycles. The van der Waals surface area contributed by atoms with Gasteiger partial charge < -0.3 is 9.15 Å². The second-order valence-corrected chi connectivity index (χ2v) is 6.57. The molecular weight excluding hydrogens is 352 g/mol. The van der Waals surface area contributed by atoms with Crippen molar-refractivity contribution in [1.29, 1.82) is 0 Å². The molecule has 0 aliphatic carbocycles. The minimum atomic E-state index is 0.519. The minimum Gasteiger partial charge on any atom is -0.420 e. The van der Waals surface area contributed by atoms with Crippen molar-refractivity contribution in [3.8, 4) is 17.1 Å². The third kappa shape index (κ3) is 4.02. The van der Waals surface area contributed by atoms with E-state index < -0.39 is 0 Å². The predicted octanol–water partition coefficient (Wildman–Crippen LogP) is 4.36. The number of aromatic nitrogens is 4. The molecule has 0 unspecified atom stereocenters. The van der Waals surface area contributed by atoms with Crippen molar-refractivity contribution in [3.63, 3.8) is 0 Å². The fraction of sp³-hybridized carbons (Fsp3) is 0.227. The first-order valence-corrected chi connectivity index (χ1v) is 9.32. The molecule has 0 N–H and O–H groups in total. The number of hydrogen-bond donors (Lipinski definition) is 0. The first-order valence-electron chi connectivity index (χ1n) is 9.32. The van der Waals surface area contributed by atoms with Crippen LogP contribution in [0, 0.1) is 6.92 Å². The summed E-state index contributed by atoms with van der Waals surface area (Å²) < 4.78 is 13.2. The molecule has 0 aliphatic heterocycles. The Bertz CT molecular complexity index is 1040. The number of ether oxygens (including phenoxy) is 1. The van der Waals surface area contributed by atoms with Crippen molar-refractivity contribution in [1.82, 2.24) is 20.0 Å². The predicted molar refractivity (Wildman–Crippen MR) is 106 cm³/mol. The molecular formula is C22H22N4O2. The second-order valence-electron chi connectivity index (χ2n) is 6.57. The minimum absolute atomic E-state index is 0.519. The summed E-state index contributed by atoms with van der Waals surface area (Å²) in [6.07, 6.45) is 4.26. The second kappa shape index (κ2) is 8.19. The first kappa shape index (κ1) is 18.1. The number of benzene rings is 2. The van der Waals surface area contributed by atoms with Gasteiger partial charge >= 0.3 is 0 Å².